The van der Waals surface area contributed by atoms with E-state index < -0.39 is 0 Å². The van der Waals surface area contributed by atoms with Crippen molar-refractivity contribution in [2.45, 2.75) is 32.7 Å². The molecule has 1 N–H and O–H groups in total. The van der Waals surface area contributed by atoms with Gasteiger partial charge in [0.05, 0.1) is 0 Å². The summed E-state index contributed by atoms with van der Waals surface area (Å²) in [7, 11) is 0. The average molecular weight is 303 g/mol. The lowest BCUT2D eigenvalue weighted by Gasteiger charge is -2.25. The van der Waals surface area contributed by atoms with E-state index in [-0.39, 0.29) is 11.9 Å². The van der Waals surface area contributed by atoms with Crippen LogP contribution in [0.15, 0.2) is 18.5 Å². The fraction of sp³-hybridized carbons (Fsp3) is 0.429. The topological polar surface area (TPSA) is 71.0 Å². The summed E-state index contributed by atoms with van der Waals surface area (Å²) in [6.45, 7) is 4.71. The Hall–Kier alpha value is -2.02. The molecule has 2 aromatic heterocycles. The highest BCUT2D eigenvalue weighted by atomic mass is 32.1. The van der Waals surface area contributed by atoms with E-state index in [1.165, 1.54) is 11.3 Å². The molecule has 0 aromatic carbocycles. The molecule has 0 fully saturated rings. The van der Waals surface area contributed by atoms with Crippen LogP contribution in [0.1, 0.15) is 34.9 Å². The van der Waals surface area contributed by atoms with Gasteiger partial charge in [0.1, 0.15) is 0 Å². The number of nitrogens with zero attached hydrogens (tertiary/aromatic N) is 4. The van der Waals surface area contributed by atoms with Crippen LogP contribution in [0.5, 0.6) is 0 Å². The van der Waals surface area contributed by atoms with Gasteiger partial charge >= 0.3 is 0 Å². The predicted octanol–water partition coefficient (Wildman–Crippen LogP) is 2.16. The van der Waals surface area contributed by atoms with E-state index in [2.05, 4.69) is 20.3 Å². The molecule has 110 valence electrons. The first-order valence-electron chi connectivity index (χ1n) is 7.00. The number of aryl methyl sites for hydroxylation is 1. The van der Waals surface area contributed by atoms with E-state index in [1.807, 2.05) is 18.7 Å². The van der Waals surface area contributed by atoms with Gasteiger partial charge in [0, 0.05) is 29.9 Å². The lowest BCUT2D eigenvalue weighted by Crippen LogP contribution is -2.30. The minimum Gasteiger partial charge on any atom is -0.348 e. The zero-order valence-electron chi connectivity index (χ0n) is 12.0. The van der Waals surface area contributed by atoms with Gasteiger partial charge in [-0.15, -0.1) is 11.3 Å². The third kappa shape index (κ3) is 2.87. The third-order valence-corrected chi connectivity index (χ3v) is 4.23. The van der Waals surface area contributed by atoms with E-state index in [1.54, 1.807) is 18.5 Å². The Balaban J connectivity index is 1.92. The van der Waals surface area contributed by atoms with Crippen LogP contribution in [0.3, 0.4) is 0 Å². The molecule has 2 aromatic rings. The van der Waals surface area contributed by atoms with Crippen molar-refractivity contribution in [1.82, 2.24) is 20.3 Å². The molecule has 0 atom stereocenters. The third-order valence-electron chi connectivity index (χ3n) is 3.13. The predicted molar refractivity (Wildman–Crippen MR) is 82.1 cm³/mol. The highest BCUT2D eigenvalue weighted by molar-refractivity contribution is 7.14. The highest BCUT2D eigenvalue weighted by Gasteiger charge is 2.26. The molecule has 0 saturated carbocycles. The van der Waals surface area contributed by atoms with Crippen LogP contribution in [0.4, 0.5) is 11.8 Å². The second kappa shape index (κ2) is 5.77. The summed E-state index contributed by atoms with van der Waals surface area (Å²) in [6, 6.07) is 1.89. The van der Waals surface area contributed by atoms with Crippen LogP contribution in [-0.2, 0) is 6.42 Å². The maximum Gasteiger partial charge on any atom is 0.280 e. The summed E-state index contributed by atoms with van der Waals surface area (Å²) in [6.07, 6.45) is 5.40. The number of carbonyl (C=O) groups excluding carboxylic acids is 1. The molecule has 6 nitrogen and oxygen atoms in total. The molecule has 3 heterocycles. The van der Waals surface area contributed by atoms with Gasteiger partial charge in [-0.1, -0.05) is 0 Å². The smallest absolute Gasteiger partial charge is 0.280 e. The van der Waals surface area contributed by atoms with E-state index in [0.717, 1.165) is 30.1 Å². The number of aromatic nitrogens is 3. The Kier molecular flexibility index (Phi) is 3.83. The summed E-state index contributed by atoms with van der Waals surface area (Å²) in [4.78, 5) is 28.3. The number of rotatable bonds is 3. The quantitative estimate of drug-likeness (QED) is 0.941. The van der Waals surface area contributed by atoms with Gasteiger partial charge in [-0.3, -0.25) is 9.69 Å². The highest BCUT2D eigenvalue weighted by Crippen LogP contribution is 2.34. The fourth-order valence-corrected chi connectivity index (χ4v) is 3.28. The molecule has 0 aliphatic carbocycles. The lowest BCUT2D eigenvalue weighted by molar-refractivity contribution is 0.0943. The Morgan fingerprint density at radius 2 is 2.14 bits per heavy atom. The molecule has 1 aliphatic heterocycles. The largest absolute Gasteiger partial charge is 0.348 e. The molecule has 21 heavy (non-hydrogen) atoms. The average Bonchev–Trinajstić information content (AvgIpc) is 2.91. The first-order chi connectivity index (χ1) is 10.1. The first kappa shape index (κ1) is 13.9. The van der Waals surface area contributed by atoms with Crippen molar-refractivity contribution in [2.24, 2.45) is 0 Å². The summed E-state index contributed by atoms with van der Waals surface area (Å²) < 4.78 is 0. The maximum absolute atomic E-state index is 12.1. The minimum atomic E-state index is -0.113. The number of fused-ring (bicyclic) bond motifs is 1. The number of hydrogen-bond acceptors (Lipinski definition) is 6. The van der Waals surface area contributed by atoms with Crippen LogP contribution < -0.4 is 10.2 Å². The van der Waals surface area contributed by atoms with Crippen molar-refractivity contribution in [3.8, 4) is 0 Å². The number of anilines is 2. The number of hydrogen-bond donors (Lipinski definition) is 1. The number of thiazole rings is 1. The molecular weight excluding hydrogens is 286 g/mol. The lowest BCUT2D eigenvalue weighted by atomic mass is 10.2. The van der Waals surface area contributed by atoms with Gasteiger partial charge in [0.15, 0.2) is 10.8 Å². The molecule has 3 rings (SSSR count). The zero-order valence-corrected chi connectivity index (χ0v) is 12.9. The molecule has 0 bridgehead atoms. The van der Waals surface area contributed by atoms with E-state index in [9.17, 15) is 4.79 Å². The molecule has 1 aliphatic rings. The molecule has 0 radical (unpaired) electrons. The molecule has 7 heteroatoms. The summed E-state index contributed by atoms with van der Waals surface area (Å²) in [5, 5.41) is 3.39. The number of carbonyl (C=O) groups is 1. The van der Waals surface area contributed by atoms with E-state index >= 15 is 0 Å². The standard InChI is InChI=1S/C14H17N5OS/c1-9(2)17-12(20)13-18-11-10(21-13)5-3-8-19(11)14-15-6-4-7-16-14/h4,6-7,9H,3,5,8H2,1-2H3,(H,17,20). The Labute approximate surface area is 127 Å². The van der Waals surface area contributed by atoms with Crippen LogP contribution in [0, 0.1) is 0 Å². The Morgan fingerprint density at radius 3 is 2.86 bits per heavy atom. The monoisotopic (exact) mass is 303 g/mol. The van der Waals surface area contributed by atoms with Crippen molar-refractivity contribution in [2.75, 3.05) is 11.4 Å². The van der Waals surface area contributed by atoms with Gasteiger partial charge in [-0.25, -0.2) is 15.0 Å². The fourth-order valence-electron chi connectivity index (χ4n) is 2.27. The van der Waals surface area contributed by atoms with Crippen LogP contribution >= 0.6 is 11.3 Å². The van der Waals surface area contributed by atoms with Gasteiger partial charge < -0.3 is 5.32 Å². The SMILES string of the molecule is CC(C)NC(=O)c1nc2c(s1)CCCN2c1ncccn1. The van der Waals surface area contributed by atoms with E-state index in [4.69, 9.17) is 0 Å². The second-order valence-electron chi connectivity index (χ2n) is 5.20. The molecular formula is C14H17N5OS. The minimum absolute atomic E-state index is 0.104. The van der Waals surface area contributed by atoms with Crippen molar-refractivity contribution in [1.29, 1.82) is 0 Å². The molecule has 0 unspecified atom stereocenters. The number of nitrogens with one attached hydrogen (secondary N) is 1. The molecule has 0 saturated heterocycles. The zero-order chi connectivity index (χ0) is 14.8. The van der Waals surface area contributed by atoms with Gasteiger partial charge in [0.25, 0.3) is 5.91 Å². The van der Waals surface area contributed by atoms with Crippen LogP contribution in [0.2, 0.25) is 0 Å². The van der Waals surface area contributed by atoms with Crippen molar-refractivity contribution >= 4 is 29.0 Å². The van der Waals surface area contributed by atoms with Gasteiger partial charge in [0.2, 0.25) is 5.95 Å². The summed E-state index contributed by atoms with van der Waals surface area (Å²) in [5.41, 5.74) is 0. The normalized spacial score (nSPS) is 14.1. The van der Waals surface area contributed by atoms with Crippen molar-refractivity contribution in [3.05, 3.63) is 28.3 Å². The summed E-state index contributed by atoms with van der Waals surface area (Å²) in [5.74, 6) is 1.35. The first-order valence-corrected chi connectivity index (χ1v) is 7.82. The van der Waals surface area contributed by atoms with Gasteiger partial charge in [-0.2, -0.15) is 0 Å². The van der Waals surface area contributed by atoms with Crippen molar-refractivity contribution in [3.63, 3.8) is 0 Å². The van der Waals surface area contributed by atoms with E-state index in [0.29, 0.717) is 11.0 Å². The van der Waals surface area contributed by atoms with Crippen LogP contribution in [0.25, 0.3) is 0 Å². The van der Waals surface area contributed by atoms with Crippen LogP contribution in [-0.4, -0.2) is 33.4 Å². The summed E-state index contributed by atoms with van der Waals surface area (Å²) >= 11 is 1.46. The van der Waals surface area contributed by atoms with Crippen molar-refractivity contribution < 1.29 is 4.79 Å². The molecule has 1 amide bonds. The Morgan fingerprint density at radius 1 is 1.38 bits per heavy atom. The Bertz CT molecular complexity index is 640. The number of amides is 1. The maximum atomic E-state index is 12.1. The second-order valence-corrected chi connectivity index (χ2v) is 6.28. The van der Waals surface area contributed by atoms with Gasteiger partial charge in [-0.05, 0) is 32.8 Å². The molecule has 0 spiro atoms.